The number of hydrogen-bond donors (Lipinski definition) is 1. The van der Waals surface area contributed by atoms with E-state index in [9.17, 15) is 9.18 Å². The first-order valence-electron chi connectivity index (χ1n) is 7.80. The number of nitrogens with one attached hydrogen (secondary N) is 1. The van der Waals surface area contributed by atoms with Crippen LogP contribution in [0.2, 0.25) is 5.02 Å². The van der Waals surface area contributed by atoms with Crippen molar-refractivity contribution in [2.45, 2.75) is 26.9 Å². The van der Waals surface area contributed by atoms with Gasteiger partial charge in [0, 0.05) is 30.1 Å². The van der Waals surface area contributed by atoms with Gasteiger partial charge in [-0.1, -0.05) is 29.8 Å². The molecule has 1 N–H and O–H groups in total. The lowest BCUT2D eigenvalue weighted by Gasteiger charge is -2.05. The van der Waals surface area contributed by atoms with Crippen molar-refractivity contribution in [3.63, 3.8) is 0 Å². The molecular weight excluding hydrogens is 345 g/mol. The van der Waals surface area contributed by atoms with E-state index < -0.39 is 5.91 Å². The Labute approximate surface area is 149 Å². The molecule has 0 aliphatic rings. The number of aryl methyl sites for hydroxylation is 2. The van der Waals surface area contributed by atoms with Gasteiger partial charge in [-0.25, -0.2) is 4.39 Å². The van der Waals surface area contributed by atoms with Crippen LogP contribution in [0.25, 0.3) is 0 Å². The molecule has 0 atom stereocenters. The Kier molecular flexibility index (Phi) is 4.85. The molecule has 1 amide bonds. The van der Waals surface area contributed by atoms with Crippen LogP contribution >= 0.6 is 11.6 Å². The summed E-state index contributed by atoms with van der Waals surface area (Å²) in [5.74, 6) is -0.367. The summed E-state index contributed by atoms with van der Waals surface area (Å²) >= 11 is 6.03. The van der Waals surface area contributed by atoms with Crippen molar-refractivity contribution in [3.05, 3.63) is 64.3 Å². The van der Waals surface area contributed by atoms with Crippen molar-refractivity contribution in [2.24, 2.45) is 0 Å². The van der Waals surface area contributed by atoms with E-state index in [1.54, 1.807) is 39.8 Å². The Morgan fingerprint density at radius 1 is 1.32 bits per heavy atom. The number of rotatable bonds is 5. The van der Waals surface area contributed by atoms with Gasteiger partial charge >= 0.3 is 0 Å². The van der Waals surface area contributed by atoms with Gasteiger partial charge in [0.15, 0.2) is 11.5 Å². The average molecular weight is 362 g/mol. The van der Waals surface area contributed by atoms with E-state index in [4.69, 9.17) is 11.6 Å². The maximum Gasteiger partial charge on any atom is 0.278 e. The van der Waals surface area contributed by atoms with Crippen LogP contribution < -0.4 is 5.32 Å². The van der Waals surface area contributed by atoms with Crippen LogP contribution in [0.15, 0.2) is 36.5 Å². The lowest BCUT2D eigenvalue weighted by molar-refractivity contribution is 0.102. The fourth-order valence-corrected chi connectivity index (χ4v) is 2.64. The van der Waals surface area contributed by atoms with Crippen LogP contribution in [-0.4, -0.2) is 25.5 Å². The number of amides is 1. The molecule has 130 valence electrons. The first-order chi connectivity index (χ1) is 12.0. The molecule has 0 radical (unpaired) electrons. The highest BCUT2D eigenvalue weighted by atomic mass is 35.5. The van der Waals surface area contributed by atoms with Crippen LogP contribution in [0.5, 0.6) is 0 Å². The van der Waals surface area contributed by atoms with Crippen molar-refractivity contribution < 1.29 is 9.18 Å². The second-order valence-electron chi connectivity index (χ2n) is 5.56. The lowest BCUT2D eigenvalue weighted by atomic mass is 10.2. The summed E-state index contributed by atoms with van der Waals surface area (Å²) in [5, 5.41) is 11.4. The molecule has 6 nitrogen and oxygen atoms in total. The lowest BCUT2D eigenvalue weighted by Crippen LogP contribution is -2.14. The van der Waals surface area contributed by atoms with Crippen LogP contribution in [0.1, 0.15) is 28.7 Å². The summed E-state index contributed by atoms with van der Waals surface area (Å²) < 4.78 is 17.0. The molecule has 0 aliphatic carbocycles. The van der Waals surface area contributed by atoms with Gasteiger partial charge in [0.25, 0.3) is 5.91 Å². The van der Waals surface area contributed by atoms with Crippen molar-refractivity contribution >= 4 is 23.3 Å². The number of carbonyl (C=O) groups excluding carboxylic acids is 1. The Morgan fingerprint density at radius 3 is 2.76 bits per heavy atom. The van der Waals surface area contributed by atoms with E-state index in [-0.39, 0.29) is 23.1 Å². The van der Waals surface area contributed by atoms with Crippen LogP contribution in [0.3, 0.4) is 0 Å². The summed E-state index contributed by atoms with van der Waals surface area (Å²) in [7, 11) is 0. The summed E-state index contributed by atoms with van der Waals surface area (Å²) in [5.41, 5.74) is 1.46. The van der Waals surface area contributed by atoms with Crippen LogP contribution in [0.4, 0.5) is 10.2 Å². The molecule has 25 heavy (non-hydrogen) atoms. The predicted molar refractivity (Wildman–Crippen MR) is 93.3 cm³/mol. The number of benzene rings is 1. The van der Waals surface area contributed by atoms with Crippen LogP contribution in [0, 0.1) is 12.7 Å². The molecule has 2 heterocycles. The number of aromatic nitrogens is 4. The summed E-state index contributed by atoms with van der Waals surface area (Å²) in [6.45, 7) is 4.63. The fraction of sp³-hybridized carbons (Fsp3) is 0.235. The molecule has 0 saturated heterocycles. The molecule has 8 heteroatoms. The number of nitrogens with zero attached hydrogens (tertiary/aromatic N) is 4. The minimum atomic E-state index is -0.437. The zero-order chi connectivity index (χ0) is 18.0. The topological polar surface area (TPSA) is 64.7 Å². The highest BCUT2D eigenvalue weighted by molar-refractivity contribution is 6.34. The van der Waals surface area contributed by atoms with E-state index in [1.165, 1.54) is 6.07 Å². The van der Waals surface area contributed by atoms with Crippen LogP contribution in [-0.2, 0) is 13.1 Å². The number of halogens is 2. The van der Waals surface area contributed by atoms with Gasteiger partial charge in [0.2, 0.25) is 0 Å². The maximum atomic E-state index is 13.8. The average Bonchev–Trinajstić information content (AvgIpc) is 3.12. The summed E-state index contributed by atoms with van der Waals surface area (Å²) in [4.78, 5) is 12.3. The quantitative estimate of drug-likeness (QED) is 0.756. The first-order valence-corrected chi connectivity index (χ1v) is 8.18. The van der Waals surface area contributed by atoms with Crippen molar-refractivity contribution in [1.82, 2.24) is 19.6 Å². The largest absolute Gasteiger partial charge is 0.304 e. The standard InChI is InChI=1S/C17H17ClFN5O/c1-3-23-10-13(18)16(22-23)17(25)20-15-8-11(2)24(21-15)9-12-6-4-5-7-14(12)19/h4-8,10H,3,9H2,1-2H3,(H,20,21,25). The van der Waals surface area contributed by atoms with E-state index in [0.717, 1.165) is 5.69 Å². The number of carbonyl (C=O) groups is 1. The minimum Gasteiger partial charge on any atom is -0.304 e. The molecule has 3 rings (SSSR count). The Hall–Kier alpha value is -2.67. The van der Waals surface area contributed by atoms with Gasteiger partial charge in [-0.3, -0.25) is 14.2 Å². The number of hydrogen-bond acceptors (Lipinski definition) is 3. The van der Waals surface area contributed by atoms with Gasteiger partial charge in [0.05, 0.1) is 11.6 Å². The Bertz CT molecular complexity index is 918. The monoisotopic (exact) mass is 361 g/mol. The highest BCUT2D eigenvalue weighted by Crippen LogP contribution is 2.17. The van der Waals surface area contributed by atoms with E-state index in [1.807, 2.05) is 13.8 Å². The third-order valence-corrected chi connectivity index (χ3v) is 4.03. The zero-order valence-electron chi connectivity index (χ0n) is 13.8. The molecule has 3 aromatic rings. The fourth-order valence-electron chi connectivity index (χ4n) is 2.41. The minimum absolute atomic E-state index is 0.143. The molecule has 0 spiro atoms. The molecule has 2 aromatic heterocycles. The van der Waals surface area contributed by atoms with Gasteiger partial charge < -0.3 is 5.32 Å². The van der Waals surface area contributed by atoms with E-state index >= 15 is 0 Å². The van der Waals surface area contributed by atoms with Gasteiger partial charge in [-0.05, 0) is 19.9 Å². The first kappa shape index (κ1) is 17.2. The van der Waals surface area contributed by atoms with Gasteiger partial charge in [0.1, 0.15) is 5.82 Å². The molecule has 0 fully saturated rings. The molecule has 1 aromatic carbocycles. The van der Waals surface area contributed by atoms with E-state index in [0.29, 0.717) is 17.9 Å². The molecule has 0 bridgehead atoms. The molecule has 0 aliphatic heterocycles. The van der Waals surface area contributed by atoms with Crippen molar-refractivity contribution in [2.75, 3.05) is 5.32 Å². The summed E-state index contributed by atoms with van der Waals surface area (Å²) in [6.07, 6.45) is 1.60. The molecular formula is C17H17ClFN5O. The molecule has 0 unspecified atom stereocenters. The van der Waals surface area contributed by atoms with Gasteiger partial charge in [-0.15, -0.1) is 0 Å². The predicted octanol–water partition coefficient (Wildman–Crippen LogP) is 3.50. The maximum absolute atomic E-state index is 13.8. The normalized spacial score (nSPS) is 10.9. The second kappa shape index (κ2) is 7.06. The smallest absolute Gasteiger partial charge is 0.278 e. The molecule has 0 saturated carbocycles. The zero-order valence-corrected chi connectivity index (χ0v) is 14.6. The highest BCUT2D eigenvalue weighted by Gasteiger charge is 2.17. The van der Waals surface area contributed by atoms with Crippen molar-refractivity contribution in [3.8, 4) is 0 Å². The third-order valence-electron chi connectivity index (χ3n) is 3.76. The van der Waals surface area contributed by atoms with Gasteiger partial charge in [-0.2, -0.15) is 10.2 Å². The van der Waals surface area contributed by atoms with Crippen molar-refractivity contribution in [1.29, 1.82) is 0 Å². The SMILES string of the molecule is CCn1cc(Cl)c(C(=O)Nc2cc(C)n(Cc3ccccc3F)n2)n1. The number of anilines is 1. The van der Waals surface area contributed by atoms with E-state index in [2.05, 4.69) is 15.5 Å². The third kappa shape index (κ3) is 3.71. The second-order valence-corrected chi connectivity index (χ2v) is 5.96. The Balaban J connectivity index is 1.77. The summed E-state index contributed by atoms with van der Waals surface area (Å²) in [6, 6.07) is 8.23. The Morgan fingerprint density at radius 2 is 2.08 bits per heavy atom.